The Morgan fingerprint density at radius 1 is 1.11 bits per heavy atom. The SMILES string of the molecule is Cc1ccc(NCC(=O)NCc2ccncc2)cc1. The molecule has 0 bridgehead atoms. The van der Waals surface area contributed by atoms with Gasteiger partial charge in [-0.1, -0.05) is 17.7 Å². The Labute approximate surface area is 112 Å². The summed E-state index contributed by atoms with van der Waals surface area (Å²) in [6.45, 7) is 2.83. The van der Waals surface area contributed by atoms with Crippen molar-refractivity contribution in [3.63, 3.8) is 0 Å². The van der Waals surface area contributed by atoms with E-state index in [1.54, 1.807) is 12.4 Å². The molecule has 0 spiro atoms. The lowest BCUT2D eigenvalue weighted by Gasteiger charge is -2.08. The summed E-state index contributed by atoms with van der Waals surface area (Å²) in [6.07, 6.45) is 3.43. The topological polar surface area (TPSA) is 54.0 Å². The van der Waals surface area contributed by atoms with Crippen molar-refractivity contribution in [2.24, 2.45) is 0 Å². The van der Waals surface area contributed by atoms with Gasteiger partial charge in [-0.15, -0.1) is 0 Å². The van der Waals surface area contributed by atoms with E-state index in [1.165, 1.54) is 5.56 Å². The average Bonchev–Trinajstić information content (AvgIpc) is 2.45. The molecule has 0 aliphatic carbocycles. The monoisotopic (exact) mass is 255 g/mol. The maximum Gasteiger partial charge on any atom is 0.239 e. The molecule has 2 N–H and O–H groups in total. The van der Waals surface area contributed by atoms with Gasteiger partial charge in [-0.2, -0.15) is 0 Å². The minimum absolute atomic E-state index is 0.0302. The summed E-state index contributed by atoms with van der Waals surface area (Å²) in [5.74, 6) is -0.0302. The Kier molecular flexibility index (Phi) is 4.50. The van der Waals surface area contributed by atoms with Crippen molar-refractivity contribution in [3.8, 4) is 0 Å². The molecule has 1 aromatic heterocycles. The van der Waals surface area contributed by atoms with Gasteiger partial charge in [0, 0.05) is 24.6 Å². The van der Waals surface area contributed by atoms with Gasteiger partial charge in [0.2, 0.25) is 5.91 Å². The van der Waals surface area contributed by atoms with E-state index in [0.717, 1.165) is 11.3 Å². The number of hydrogen-bond acceptors (Lipinski definition) is 3. The van der Waals surface area contributed by atoms with Crippen LogP contribution in [0.2, 0.25) is 0 Å². The number of anilines is 1. The smallest absolute Gasteiger partial charge is 0.239 e. The minimum Gasteiger partial charge on any atom is -0.376 e. The molecule has 2 rings (SSSR count). The average molecular weight is 255 g/mol. The number of amides is 1. The van der Waals surface area contributed by atoms with Crippen LogP contribution >= 0.6 is 0 Å². The number of carbonyl (C=O) groups is 1. The fourth-order valence-corrected chi connectivity index (χ4v) is 1.62. The summed E-state index contributed by atoms with van der Waals surface area (Å²) < 4.78 is 0. The van der Waals surface area contributed by atoms with Gasteiger partial charge in [-0.25, -0.2) is 0 Å². The number of nitrogens with zero attached hydrogens (tertiary/aromatic N) is 1. The van der Waals surface area contributed by atoms with Crippen LogP contribution in [0.25, 0.3) is 0 Å². The number of hydrogen-bond donors (Lipinski definition) is 2. The molecule has 0 saturated carbocycles. The van der Waals surface area contributed by atoms with Crippen molar-refractivity contribution in [2.75, 3.05) is 11.9 Å². The summed E-state index contributed by atoms with van der Waals surface area (Å²) in [5.41, 5.74) is 3.19. The first-order chi connectivity index (χ1) is 9.24. The molecule has 0 aliphatic heterocycles. The zero-order valence-corrected chi connectivity index (χ0v) is 10.9. The molecule has 1 heterocycles. The molecule has 0 aliphatic rings. The minimum atomic E-state index is -0.0302. The zero-order chi connectivity index (χ0) is 13.5. The molecular formula is C15H17N3O. The highest BCUT2D eigenvalue weighted by Gasteiger charge is 2.01. The predicted molar refractivity (Wildman–Crippen MR) is 75.8 cm³/mol. The Bertz CT molecular complexity index is 523. The Hall–Kier alpha value is -2.36. The fraction of sp³-hybridized carbons (Fsp3) is 0.200. The Morgan fingerprint density at radius 3 is 2.47 bits per heavy atom. The third-order valence-electron chi connectivity index (χ3n) is 2.74. The molecule has 0 saturated heterocycles. The third kappa shape index (κ3) is 4.43. The van der Waals surface area contributed by atoms with Gasteiger partial charge in [0.15, 0.2) is 0 Å². The molecule has 1 aromatic carbocycles. The van der Waals surface area contributed by atoms with Gasteiger partial charge >= 0.3 is 0 Å². The first kappa shape index (κ1) is 13.1. The molecule has 4 nitrogen and oxygen atoms in total. The highest BCUT2D eigenvalue weighted by Crippen LogP contribution is 2.07. The highest BCUT2D eigenvalue weighted by atomic mass is 16.1. The van der Waals surface area contributed by atoms with Crippen LogP contribution in [-0.2, 0) is 11.3 Å². The van der Waals surface area contributed by atoms with Gasteiger partial charge in [-0.05, 0) is 36.8 Å². The normalized spacial score (nSPS) is 9.95. The van der Waals surface area contributed by atoms with Crippen LogP contribution in [0.3, 0.4) is 0 Å². The summed E-state index contributed by atoms with van der Waals surface area (Å²) in [4.78, 5) is 15.6. The largest absolute Gasteiger partial charge is 0.376 e. The molecule has 4 heteroatoms. The van der Waals surface area contributed by atoms with E-state index in [2.05, 4.69) is 15.6 Å². The van der Waals surface area contributed by atoms with Crippen LogP contribution in [-0.4, -0.2) is 17.4 Å². The van der Waals surface area contributed by atoms with Crippen LogP contribution in [0.1, 0.15) is 11.1 Å². The zero-order valence-electron chi connectivity index (χ0n) is 10.9. The Morgan fingerprint density at radius 2 is 1.79 bits per heavy atom. The number of rotatable bonds is 5. The van der Waals surface area contributed by atoms with E-state index in [4.69, 9.17) is 0 Å². The quantitative estimate of drug-likeness (QED) is 0.860. The lowest BCUT2D eigenvalue weighted by Crippen LogP contribution is -2.29. The summed E-state index contributed by atoms with van der Waals surface area (Å²) in [7, 11) is 0. The van der Waals surface area contributed by atoms with Crippen LogP contribution in [0.5, 0.6) is 0 Å². The molecular weight excluding hydrogens is 238 g/mol. The molecule has 0 atom stereocenters. The number of nitrogens with one attached hydrogen (secondary N) is 2. The van der Waals surface area contributed by atoms with Gasteiger partial charge in [0.1, 0.15) is 0 Å². The molecule has 0 unspecified atom stereocenters. The van der Waals surface area contributed by atoms with Gasteiger partial charge in [-0.3, -0.25) is 9.78 Å². The number of benzene rings is 1. The van der Waals surface area contributed by atoms with Crippen LogP contribution in [0, 0.1) is 6.92 Å². The summed E-state index contributed by atoms with van der Waals surface area (Å²) in [6, 6.07) is 11.7. The van der Waals surface area contributed by atoms with Gasteiger partial charge in [0.25, 0.3) is 0 Å². The maximum atomic E-state index is 11.7. The van der Waals surface area contributed by atoms with Crippen LogP contribution < -0.4 is 10.6 Å². The van der Waals surface area contributed by atoms with Crippen LogP contribution in [0.15, 0.2) is 48.8 Å². The van der Waals surface area contributed by atoms with E-state index >= 15 is 0 Å². The number of pyridine rings is 1. The van der Waals surface area contributed by atoms with Crippen molar-refractivity contribution < 1.29 is 4.79 Å². The molecule has 98 valence electrons. The van der Waals surface area contributed by atoms with Crippen molar-refractivity contribution in [2.45, 2.75) is 13.5 Å². The second-order valence-electron chi connectivity index (χ2n) is 4.35. The summed E-state index contributed by atoms with van der Waals surface area (Å²) in [5, 5.41) is 5.93. The first-order valence-electron chi connectivity index (χ1n) is 6.20. The van der Waals surface area contributed by atoms with E-state index in [9.17, 15) is 4.79 Å². The molecule has 2 aromatic rings. The van der Waals surface area contributed by atoms with Crippen molar-refractivity contribution in [1.29, 1.82) is 0 Å². The Balaban J connectivity index is 1.74. The van der Waals surface area contributed by atoms with Gasteiger partial charge in [0.05, 0.1) is 6.54 Å². The number of aromatic nitrogens is 1. The van der Waals surface area contributed by atoms with Crippen molar-refractivity contribution in [3.05, 3.63) is 59.9 Å². The first-order valence-corrected chi connectivity index (χ1v) is 6.20. The van der Waals surface area contributed by atoms with Crippen molar-refractivity contribution in [1.82, 2.24) is 10.3 Å². The van der Waals surface area contributed by atoms with E-state index in [-0.39, 0.29) is 12.5 Å². The lowest BCUT2D eigenvalue weighted by atomic mass is 10.2. The van der Waals surface area contributed by atoms with E-state index < -0.39 is 0 Å². The number of aryl methyl sites for hydroxylation is 1. The summed E-state index contributed by atoms with van der Waals surface area (Å²) >= 11 is 0. The van der Waals surface area contributed by atoms with Gasteiger partial charge < -0.3 is 10.6 Å². The lowest BCUT2D eigenvalue weighted by molar-refractivity contribution is -0.119. The van der Waals surface area contributed by atoms with Crippen LogP contribution in [0.4, 0.5) is 5.69 Å². The fourth-order valence-electron chi connectivity index (χ4n) is 1.62. The third-order valence-corrected chi connectivity index (χ3v) is 2.74. The molecule has 0 radical (unpaired) electrons. The van der Waals surface area contributed by atoms with E-state index in [0.29, 0.717) is 6.54 Å². The van der Waals surface area contributed by atoms with E-state index in [1.807, 2.05) is 43.3 Å². The molecule has 0 fully saturated rings. The molecule has 19 heavy (non-hydrogen) atoms. The van der Waals surface area contributed by atoms with Crippen molar-refractivity contribution >= 4 is 11.6 Å². The highest BCUT2D eigenvalue weighted by molar-refractivity contribution is 5.80. The standard InChI is InChI=1S/C15H17N3O/c1-12-2-4-14(5-3-12)17-11-15(19)18-10-13-6-8-16-9-7-13/h2-9,17H,10-11H2,1H3,(H,18,19). The number of carbonyl (C=O) groups excluding carboxylic acids is 1. The maximum absolute atomic E-state index is 11.7. The second-order valence-corrected chi connectivity index (χ2v) is 4.35. The second kappa shape index (κ2) is 6.54. The molecule has 1 amide bonds. The predicted octanol–water partition coefficient (Wildman–Crippen LogP) is 2.12.